The molecule has 0 radical (unpaired) electrons. The van der Waals surface area contributed by atoms with Gasteiger partial charge in [0.1, 0.15) is 18.1 Å². The highest BCUT2D eigenvalue weighted by molar-refractivity contribution is 7.10. The van der Waals surface area contributed by atoms with Crippen molar-refractivity contribution >= 4 is 39.9 Å². The molecule has 36 heavy (non-hydrogen) atoms. The topological polar surface area (TPSA) is 98.6 Å². The van der Waals surface area contributed by atoms with Crippen LogP contribution in [0.15, 0.2) is 60.0 Å². The minimum atomic E-state index is -0.890. The lowest BCUT2D eigenvalue weighted by Crippen LogP contribution is -2.50. The van der Waals surface area contributed by atoms with Crippen molar-refractivity contribution in [2.75, 3.05) is 11.7 Å². The smallest absolute Gasteiger partial charge is 0.249 e. The lowest BCUT2D eigenvalue weighted by atomic mass is 10.0. The van der Waals surface area contributed by atoms with Crippen LogP contribution >= 0.6 is 11.3 Å². The number of aromatic nitrogens is 3. The summed E-state index contributed by atoms with van der Waals surface area (Å²) in [5.74, 6) is 0.541. The monoisotopic (exact) mass is 505 g/mol. The summed E-state index contributed by atoms with van der Waals surface area (Å²) in [5.41, 5.74) is 1.51. The van der Waals surface area contributed by atoms with Gasteiger partial charge in [-0.25, -0.2) is 4.68 Å². The van der Waals surface area contributed by atoms with Gasteiger partial charge in [0.2, 0.25) is 18.6 Å². The average molecular weight is 506 g/mol. The predicted octanol–water partition coefficient (Wildman–Crippen LogP) is 4.30. The Morgan fingerprint density at radius 2 is 1.94 bits per heavy atom. The van der Waals surface area contributed by atoms with E-state index in [4.69, 9.17) is 9.47 Å². The van der Waals surface area contributed by atoms with Crippen molar-refractivity contribution in [3.8, 4) is 11.5 Å². The van der Waals surface area contributed by atoms with Gasteiger partial charge in [-0.3, -0.25) is 14.5 Å². The van der Waals surface area contributed by atoms with Crippen molar-refractivity contribution in [2.24, 2.45) is 0 Å². The third-order valence-electron chi connectivity index (χ3n) is 6.27. The van der Waals surface area contributed by atoms with Gasteiger partial charge in [-0.15, -0.1) is 16.4 Å². The van der Waals surface area contributed by atoms with Gasteiger partial charge >= 0.3 is 0 Å². The van der Waals surface area contributed by atoms with Crippen molar-refractivity contribution in [1.82, 2.24) is 20.3 Å². The van der Waals surface area contributed by atoms with Crippen LogP contribution in [0.3, 0.4) is 0 Å². The molecule has 2 aromatic heterocycles. The molecule has 2 aromatic carbocycles. The molecule has 9 nitrogen and oxygen atoms in total. The number of carbonyl (C=O) groups is 2. The standard InChI is InChI=1S/C26H27N5O4S/c1-4-26(2,3)27-25(33)24(22-10-7-13-36-22)31(17-11-12-20-21(14-17)35-16-34-20)23(32)15-30-19-9-6-5-8-18(19)28-29-30/h5-14,24H,4,15-16H2,1-3H3,(H,27,33)/t24-/m1/s1. The van der Waals surface area contributed by atoms with E-state index in [1.165, 1.54) is 16.2 Å². The average Bonchev–Trinajstić information content (AvgIpc) is 3.63. The second kappa shape index (κ2) is 9.62. The Morgan fingerprint density at radius 1 is 1.14 bits per heavy atom. The van der Waals surface area contributed by atoms with Crippen molar-refractivity contribution in [2.45, 2.75) is 45.3 Å². The van der Waals surface area contributed by atoms with Gasteiger partial charge in [0, 0.05) is 22.2 Å². The molecule has 0 saturated carbocycles. The zero-order chi connectivity index (χ0) is 25.3. The number of nitrogens with zero attached hydrogens (tertiary/aromatic N) is 4. The Bertz CT molecular complexity index is 1400. The number of rotatable bonds is 8. The lowest BCUT2D eigenvalue weighted by molar-refractivity contribution is -0.128. The van der Waals surface area contributed by atoms with E-state index >= 15 is 0 Å². The Morgan fingerprint density at radius 3 is 2.72 bits per heavy atom. The van der Waals surface area contributed by atoms with Crippen LogP contribution in [-0.2, 0) is 16.1 Å². The third-order valence-corrected chi connectivity index (χ3v) is 7.20. The molecule has 3 heterocycles. The maximum atomic E-state index is 14.0. The normalized spacial score (nSPS) is 13.5. The second-order valence-corrected chi connectivity index (χ2v) is 10.2. The van der Waals surface area contributed by atoms with Crippen LogP contribution in [0.2, 0.25) is 0 Å². The molecule has 0 saturated heterocycles. The summed E-state index contributed by atoms with van der Waals surface area (Å²) in [7, 11) is 0. The van der Waals surface area contributed by atoms with Crippen molar-refractivity contribution in [1.29, 1.82) is 0 Å². The van der Waals surface area contributed by atoms with Crippen LogP contribution in [0, 0.1) is 0 Å². The van der Waals surface area contributed by atoms with E-state index in [0.717, 1.165) is 16.8 Å². The highest BCUT2D eigenvalue weighted by atomic mass is 32.1. The number of anilines is 1. The molecule has 0 aliphatic carbocycles. The molecule has 4 aromatic rings. The summed E-state index contributed by atoms with van der Waals surface area (Å²) in [4.78, 5) is 30.1. The molecule has 0 spiro atoms. The van der Waals surface area contributed by atoms with E-state index in [-0.39, 0.29) is 25.2 Å². The number of thiophene rings is 1. The molecule has 1 atom stereocenters. The summed E-state index contributed by atoms with van der Waals surface area (Å²) >= 11 is 1.42. The fraction of sp³-hybridized carbons (Fsp3) is 0.308. The molecule has 10 heteroatoms. The van der Waals surface area contributed by atoms with Gasteiger partial charge in [0.25, 0.3) is 0 Å². The van der Waals surface area contributed by atoms with Crippen LogP contribution in [0.1, 0.15) is 38.1 Å². The van der Waals surface area contributed by atoms with Gasteiger partial charge in [-0.2, -0.15) is 0 Å². The van der Waals surface area contributed by atoms with E-state index in [1.807, 2.05) is 62.5 Å². The fourth-order valence-corrected chi connectivity index (χ4v) is 4.83. The van der Waals surface area contributed by atoms with Crippen molar-refractivity contribution in [3.63, 3.8) is 0 Å². The largest absolute Gasteiger partial charge is 0.454 e. The summed E-state index contributed by atoms with van der Waals surface area (Å²) < 4.78 is 12.6. The maximum absolute atomic E-state index is 14.0. The van der Waals surface area contributed by atoms with Gasteiger partial charge in [-0.1, -0.05) is 30.3 Å². The van der Waals surface area contributed by atoms with Crippen LogP contribution < -0.4 is 19.7 Å². The molecule has 0 fully saturated rings. The zero-order valence-corrected chi connectivity index (χ0v) is 21.1. The van der Waals surface area contributed by atoms with E-state index in [0.29, 0.717) is 22.7 Å². The van der Waals surface area contributed by atoms with E-state index < -0.39 is 11.6 Å². The van der Waals surface area contributed by atoms with Crippen molar-refractivity contribution in [3.05, 3.63) is 64.9 Å². The Hall–Kier alpha value is -3.92. The van der Waals surface area contributed by atoms with Crippen LogP contribution in [0.5, 0.6) is 11.5 Å². The number of para-hydroxylation sites is 1. The number of ether oxygens (including phenoxy) is 2. The summed E-state index contributed by atoms with van der Waals surface area (Å²) in [6, 6.07) is 15.5. The molecule has 5 rings (SSSR count). The van der Waals surface area contributed by atoms with E-state index in [9.17, 15) is 9.59 Å². The molecule has 1 aliphatic heterocycles. The van der Waals surface area contributed by atoms with Crippen LogP contribution in [0.25, 0.3) is 11.0 Å². The minimum absolute atomic E-state index is 0.0960. The first-order valence-corrected chi connectivity index (χ1v) is 12.6. The zero-order valence-electron chi connectivity index (χ0n) is 20.3. The minimum Gasteiger partial charge on any atom is -0.454 e. The van der Waals surface area contributed by atoms with Crippen LogP contribution in [0.4, 0.5) is 5.69 Å². The third kappa shape index (κ3) is 4.64. The Kier molecular flexibility index (Phi) is 6.36. The highest BCUT2D eigenvalue weighted by Gasteiger charge is 2.36. The number of fused-ring (bicyclic) bond motifs is 2. The van der Waals surface area contributed by atoms with E-state index in [2.05, 4.69) is 15.6 Å². The lowest BCUT2D eigenvalue weighted by Gasteiger charge is -2.34. The van der Waals surface area contributed by atoms with Crippen LogP contribution in [-0.4, -0.2) is 39.1 Å². The Balaban J connectivity index is 1.58. The summed E-state index contributed by atoms with van der Waals surface area (Å²) in [5, 5.41) is 13.4. The van der Waals surface area contributed by atoms with Gasteiger partial charge in [0.05, 0.1) is 5.52 Å². The number of benzene rings is 2. The number of hydrogen-bond acceptors (Lipinski definition) is 7. The molecule has 0 unspecified atom stereocenters. The predicted molar refractivity (Wildman–Crippen MR) is 137 cm³/mol. The van der Waals surface area contributed by atoms with Crippen molar-refractivity contribution < 1.29 is 19.1 Å². The van der Waals surface area contributed by atoms with Gasteiger partial charge in [-0.05, 0) is 56.0 Å². The molecule has 0 bridgehead atoms. The van der Waals surface area contributed by atoms with Gasteiger partial charge < -0.3 is 14.8 Å². The highest BCUT2D eigenvalue weighted by Crippen LogP contribution is 2.39. The number of carbonyl (C=O) groups excluding carboxylic acids is 2. The Labute approximate surface area is 212 Å². The molecular formula is C26H27N5O4S. The quantitative estimate of drug-likeness (QED) is 0.383. The first-order chi connectivity index (χ1) is 17.4. The SMILES string of the molecule is CCC(C)(C)NC(=O)[C@@H](c1cccs1)N(C(=O)Cn1nnc2ccccc21)c1ccc2c(c1)OCO2. The molecule has 186 valence electrons. The fourth-order valence-electron chi connectivity index (χ4n) is 4.02. The molecule has 1 N–H and O–H groups in total. The summed E-state index contributed by atoms with van der Waals surface area (Å²) in [6.07, 6.45) is 0.735. The first-order valence-electron chi connectivity index (χ1n) is 11.7. The number of nitrogens with one attached hydrogen (secondary N) is 1. The molecule has 1 aliphatic rings. The molecule has 2 amide bonds. The first kappa shape index (κ1) is 23.8. The molecular weight excluding hydrogens is 478 g/mol. The summed E-state index contributed by atoms with van der Waals surface area (Å²) in [6.45, 7) is 5.95. The van der Waals surface area contributed by atoms with Gasteiger partial charge in [0.15, 0.2) is 11.5 Å². The number of hydrogen-bond donors (Lipinski definition) is 1. The second-order valence-electron chi connectivity index (χ2n) is 9.18. The maximum Gasteiger partial charge on any atom is 0.249 e. The number of amides is 2. The van der Waals surface area contributed by atoms with E-state index in [1.54, 1.807) is 22.9 Å².